The second-order valence-electron chi connectivity index (χ2n) is 15.6. The average molecular weight is 709 g/mol. The van der Waals surface area contributed by atoms with Crippen LogP contribution in [0.5, 0.6) is 0 Å². The molecule has 3 aromatic rings. The fourth-order valence-electron chi connectivity index (χ4n) is 9.24. The molecular weight excluding hydrogens is 659 g/mol. The van der Waals surface area contributed by atoms with Crippen LogP contribution in [-0.2, 0) is 11.2 Å². The molecule has 4 fully saturated rings. The zero-order valence-corrected chi connectivity index (χ0v) is 31.1. The maximum Gasteiger partial charge on any atom is 0.256 e. The summed E-state index contributed by atoms with van der Waals surface area (Å²) in [5.74, 6) is 1.16. The lowest BCUT2D eigenvalue weighted by molar-refractivity contribution is -0.128. The number of likely N-dealkylation sites (tertiary alicyclic amines) is 3. The summed E-state index contributed by atoms with van der Waals surface area (Å²) < 4.78 is 16.4. The second kappa shape index (κ2) is 13.5. The van der Waals surface area contributed by atoms with Crippen molar-refractivity contribution in [2.45, 2.75) is 82.7 Å². The van der Waals surface area contributed by atoms with Crippen LogP contribution in [0.2, 0.25) is 5.02 Å². The van der Waals surface area contributed by atoms with Crippen molar-refractivity contribution in [2.24, 2.45) is 17.8 Å². The number of nitrogens with zero attached hydrogens (tertiary/aromatic N) is 6. The first-order chi connectivity index (χ1) is 23.4. The topological polar surface area (TPSA) is 64.9 Å². The number of rotatable bonds is 9. The van der Waals surface area contributed by atoms with Crippen molar-refractivity contribution >= 4 is 46.9 Å². The lowest BCUT2D eigenvalue weighted by atomic mass is 9.73. The summed E-state index contributed by atoms with van der Waals surface area (Å²) in [6.45, 7) is 13.7. The van der Waals surface area contributed by atoms with Crippen molar-refractivity contribution in [2.75, 3.05) is 46.3 Å². The van der Waals surface area contributed by atoms with Gasteiger partial charge in [0, 0.05) is 93.3 Å². The molecule has 0 spiro atoms. The summed E-state index contributed by atoms with van der Waals surface area (Å²) >= 11 is 11.9. The van der Waals surface area contributed by atoms with Crippen LogP contribution in [0.25, 0.3) is 16.6 Å². The molecule has 1 unspecified atom stereocenters. The molecule has 3 aliphatic heterocycles. The molecule has 7 rings (SSSR count). The highest BCUT2D eigenvalue weighted by Gasteiger charge is 2.54. The largest absolute Gasteiger partial charge is 0.341 e. The van der Waals surface area contributed by atoms with Crippen molar-refractivity contribution in [1.82, 2.24) is 29.2 Å². The van der Waals surface area contributed by atoms with Gasteiger partial charge >= 0.3 is 0 Å². The quantitative estimate of drug-likeness (QED) is 0.269. The van der Waals surface area contributed by atoms with E-state index in [1.165, 1.54) is 25.0 Å². The van der Waals surface area contributed by atoms with Gasteiger partial charge in [-0.05, 0) is 88.1 Å². The second-order valence-corrected chi connectivity index (χ2v) is 16.9. The van der Waals surface area contributed by atoms with Crippen LogP contribution >= 0.6 is 24.2 Å². The third-order valence-corrected chi connectivity index (χ3v) is 13.2. The predicted molar refractivity (Wildman–Crippen MR) is 196 cm³/mol. The fourth-order valence-corrected chi connectivity index (χ4v) is 10.0. The van der Waals surface area contributed by atoms with Crippen LogP contribution in [0, 0.1) is 23.6 Å². The molecule has 1 aliphatic carbocycles. The molecule has 0 N–H and O–H groups in total. The normalized spacial score (nSPS) is 28.0. The predicted octanol–water partition coefficient (Wildman–Crippen LogP) is 6.18. The number of aromatic nitrogens is 2. The number of hydrogen-bond acceptors (Lipinski definition) is 6. The molecule has 5 heterocycles. The van der Waals surface area contributed by atoms with E-state index in [2.05, 4.69) is 27.9 Å². The van der Waals surface area contributed by atoms with E-state index in [9.17, 15) is 14.0 Å². The van der Waals surface area contributed by atoms with E-state index in [4.69, 9.17) is 24.2 Å². The first kappa shape index (κ1) is 34.8. The smallest absolute Gasteiger partial charge is 0.256 e. The van der Waals surface area contributed by atoms with E-state index >= 15 is 0 Å². The third kappa shape index (κ3) is 6.40. The minimum absolute atomic E-state index is 0.0278. The molecule has 49 heavy (non-hydrogen) atoms. The number of benzene rings is 1. The van der Waals surface area contributed by atoms with Gasteiger partial charge in [-0.1, -0.05) is 18.5 Å². The van der Waals surface area contributed by atoms with E-state index in [0.29, 0.717) is 46.1 Å². The number of amides is 2. The van der Waals surface area contributed by atoms with Crippen molar-refractivity contribution < 1.29 is 14.0 Å². The zero-order chi connectivity index (χ0) is 34.8. The molecule has 4 atom stereocenters. The van der Waals surface area contributed by atoms with Crippen LogP contribution < -0.4 is 0 Å². The molecule has 264 valence electrons. The molecule has 4 aliphatic rings. The Labute approximate surface area is 300 Å². The Morgan fingerprint density at radius 2 is 1.94 bits per heavy atom. The summed E-state index contributed by atoms with van der Waals surface area (Å²) in [7, 11) is 1.75. The lowest BCUT2D eigenvalue weighted by Crippen LogP contribution is -2.52. The highest BCUT2D eigenvalue weighted by Crippen LogP contribution is 2.46. The van der Waals surface area contributed by atoms with E-state index < -0.39 is 5.82 Å². The van der Waals surface area contributed by atoms with Gasteiger partial charge in [-0.3, -0.25) is 24.4 Å². The van der Waals surface area contributed by atoms with Crippen LogP contribution in [0.3, 0.4) is 0 Å². The van der Waals surface area contributed by atoms with Gasteiger partial charge < -0.3 is 14.4 Å². The van der Waals surface area contributed by atoms with Crippen LogP contribution in [0.4, 0.5) is 4.39 Å². The van der Waals surface area contributed by atoms with E-state index in [1.807, 2.05) is 23.3 Å². The average Bonchev–Trinajstić information content (AvgIpc) is 3.79. The molecule has 3 saturated heterocycles. The van der Waals surface area contributed by atoms with E-state index in [-0.39, 0.29) is 22.6 Å². The Morgan fingerprint density at radius 1 is 1.16 bits per heavy atom. The van der Waals surface area contributed by atoms with Gasteiger partial charge in [0.25, 0.3) is 5.91 Å². The molecular formula is C38H50ClFN6O2S. The van der Waals surface area contributed by atoms with Crippen molar-refractivity contribution in [1.29, 1.82) is 0 Å². The number of carbonyl (C=O) groups is 2. The maximum absolute atomic E-state index is 14.5. The van der Waals surface area contributed by atoms with E-state index in [0.717, 1.165) is 75.0 Å². The first-order valence-electron chi connectivity index (χ1n) is 18.0. The van der Waals surface area contributed by atoms with Gasteiger partial charge in [0.1, 0.15) is 5.82 Å². The Kier molecular flexibility index (Phi) is 9.56. The van der Waals surface area contributed by atoms with Crippen molar-refractivity contribution in [3.63, 3.8) is 0 Å². The third-order valence-electron chi connectivity index (χ3n) is 12.3. The van der Waals surface area contributed by atoms with Gasteiger partial charge in [0.05, 0.1) is 28.0 Å². The summed E-state index contributed by atoms with van der Waals surface area (Å²) in [6, 6.07) is 5.60. The molecule has 2 aromatic heterocycles. The Morgan fingerprint density at radius 3 is 2.63 bits per heavy atom. The maximum atomic E-state index is 14.5. The minimum Gasteiger partial charge on any atom is -0.341 e. The Bertz CT molecular complexity index is 1740. The van der Waals surface area contributed by atoms with E-state index in [1.54, 1.807) is 37.3 Å². The van der Waals surface area contributed by atoms with Gasteiger partial charge in [-0.15, -0.1) is 0 Å². The summed E-state index contributed by atoms with van der Waals surface area (Å²) in [4.78, 5) is 38.9. The highest BCUT2D eigenvalue weighted by molar-refractivity contribution is 7.82. The first-order valence-corrected chi connectivity index (χ1v) is 18.9. The Hall–Kier alpha value is -2.66. The van der Waals surface area contributed by atoms with Crippen LogP contribution in [0.1, 0.15) is 69.3 Å². The minimum atomic E-state index is -0.443. The van der Waals surface area contributed by atoms with Crippen LogP contribution in [0.15, 0.2) is 36.8 Å². The molecule has 2 amide bonds. The van der Waals surface area contributed by atoms with Gasteiger partial charge in [-0.25, -0.2) is 4.39 Å². The van der Waals surface area contributed by atoms with Crippen LogP contribution in [-0.4, -0.2) is 110 Å². The number of fused-ring (bicyclic) bond motifs is 2. The molecule has 0 bridgehead atoms. The summed E-state index contributed by atoms with van der Waals surface area (Å²) in [5, 5.41) is 1.54. The summed E-state index contributed by atoms with van der Waals surface area (Å²) in [6.07, 6.45) is 11.2. The SMILES string of the molecule is CC[C@H](C1CC(N2CC3CN(C(C)=O)C[C@]3(S)C2)C1)N1CC[C@H](Cc2cn(-c3ccc(F)cc3C(=O)N(C)C(C)C)c3cncc(Cl)c23)C1. The zero-order valence-electron chi connectivity index (χ0n) is 29.4. The highest BCUT2D eigenvalue weighted by atomic mass is 35.5. The molecule has 8 nitrogen and oxygen atoms in total. The number of hydrogen-bond donors (Lipinski definition) is 1. The van der Waals surface area contributed by atoms with Gasteiger partial charge in [0.15, 0.2) is 0 Å². The van der Waals surface area contributed by atoms with Crippen molar-refractivity contribution in [3.8, 4) is 5.69 Å². The molecule has 1 aromatic carbocycles. The molecule has 1 saturated carbocycles. The molecule has 11 heteroatoms. The monoisotopic (exact) mass is 708 g/mol. The number of pyridine rings is 1. The van der Waals surface area contributed by atoms with Gasteiger partial charge in [0.2, 0.25) is 5.91 Å². The lowest BCUT2D eigenvalue weighted by Gasteiger charge is -2.47. The standard InChI is InChI=1S/C38H50ClFN6O2S/c1-6-33(26-12-30(13-26)45-20-28-19-44(24(4)47)21-38(28,49)22-45)43-10-9-25(17-43)11-27-18-46(35-16-41-15-32(39)36(27)35)34-8-7-29(40)14-31(34)37(48)42(5)23(2)3/h7-8,14-16,18,23,25-26,28,30,33,49H,6,9-13,17,19-22H2,1-5H3/t25-,26?,28?,30?,33-,38+/m1/s1. The summed E-state index contributed by atoms with van der Waals surface area (Å²) in [5.41, 5.74) is 2.89. The molecule has 0 radical (unpaired) electrons. The number of carbonyl (C=O) groups excluding carboxylic acids is 2. The van der Waals surface area contributed by atoms with Gasteiger partial charge in [-0.2, -0.15) is 12.6 Å². The Balaban J connectivity index is 1.04. The van der Waals surface area contributed by atoms with Crippen molar-refractivity contribution in [3.05, 3.63) is 58.8 Å². The number of thiol groups is 1. The number of halogens is 2. The fraction of sp³-hybridized carbons (Fsp3) is 0.605.